The molecule has 1 atom stereocenters. The average Bonchev–Trinajstić information content (AvgIpc) is 2.59. The number of hydrogen-bond donors (Lipinski definition) is 2. The first-order chi connectivity index (χ1) is 12.6. The molecular weight excluding hydrogens is 362 g/mol. The zero-order valence-electron chi connectivity index (χ0n) is 16.3. The van der Waals surface area contributed by atoms with Gasteiger partial charge in [-0.3, -0.25) is 4.79 Å². The summed E-state index contributed by atoms with van der Waals surface area (Å²) in [6, 6.07) is 13.8. The van der Waals surface area contributed by atoms with E-state index in [1.807, 2.05) is 45.9 Å². The molecule has 2 aromatic carbocycles. The minimum atomic E-state index is -0.332. The van der Waals surface area contributed by atoms with Gasteiger partial charge in [-0.2, -0.15) is 0 Å². The van der Waals surface area contributed by atoms with Crippen molar-refractivity contribution in [2.75, 3.05) is 12.4 Å². The van der Waals surface area contributed by atoms with Crippen LogP contribution in [0.3, 0.4) is 0 Å². The number of urea groups is 1. The number of nitrogens with one attached hydrogen (secondary N) is 2. The van der Waals surface area contributed by atoms with Gasteiger partial charge in [0.25, 0.3) is 5.91 Å². The minimum absolute atomic E-state index is 0.184. The second-order valence-corrected chi connectivity index (χ2v) is 7.93. The van der Waals surface area contributed by atoms with Gasteiger partial charge in [-0.15, -0.1) is 0 Å². The third-order valence-corrected chi connectivity index (χ3v) is 4.47. The van der Waals surface area contributed by atoms with Gasteiger partial charge in [-0.25, -0.2) is 4.79 Å². The number of amides is 3. The highest BCUT2D eigenvalue weighted by Crippen LogP contribution is 2.26. The van der Waals surface area contributed by atoms with Gasteiger partial charge in [-0.1, -0.05) is 35.9 Å². The average molecular weight is 388 g/mol. The lowest BCUT2D eigenvalue weighted by molar-refractivity contribution is 0.0919. The molecule has 6 heteroatoms. The Morgan fingerprint density at radius 1 is 1.07 bits per heavy atom. The monoisotopic (exact) mass is 387 g/mol. The first kappa shape index (κ1) is 20.8. The molecule has 0 aliphatic rings. The van der Waals surface area contributed by atoms with Crippen molar-refractivity contribution in [3.8, 4) is 0 Å². The van der Waals surface area contributed by atoms with Gasteiger partial charge in [0.15, 0.2) is 0 Å². The van der Waals surface area contributed by atoms with Crippen LogP contribution in [0, 0.1) is 0 Å². The molecule has 2 aromatic rings. The van der Waals surface area contributed by atoms with Crippen LogP contribution in [0.25, 0.3) is 0 Å². The van der Waals surface area contributed by atoms with Crippen molar-refractivity contribution in [2.45, 2.75) is 39.3 Å². The fourth-order valence-corrected chi connectivity index (χ4v) is 2.85. The van der Waals surface area contributed by atoms with E-state index in [2.05, 4.69) is 10.6 Å². The van der Waals surface area contributed by atoms with Crippen LogP contribution < -0.4 is 10.6 Å². The Hall–Kier alpha value is -2.53. The highest BCUT2D eigenvalue weighted by atomic mass is 35.5. The molecule has 27 heavy (non-hydrogen) atoms. The molecule has 0 spiro atoms. The molecule has 0 saturated heterocycles. The SMILES string of the molecule is CC(c1ccccc1Cl)N(C)C(=O)Nc1cccc(C(=O)NC(C)(C)C)c1. The molecule has 2 N–H and O–H groups in total. The number of benzene rings is 2. The Bertz CT molecular complexity index is 830. The van der Waals surface area contributed by atoms with E-state index in [0.717, 1.165) is 5.56 Å². The first-order valence-corrected chi connectivity index (χ1v) is 9.17. The van der Waals surface area contributed by atoms with E-state index in [9.17, 15) is 9.59 Å². The quantitative estimate of drug-likeness (QED) is 0.767. The number of rotatable bonds is 4. The van der Waals surface area contributed by atoms with Gasteiger partial charge in [0.2, 0.25) is 0 Å². The van der Waals surface area contributed by atoms with Crippen LogP contribution in [0.4, 0.5) is 10.5 Å². The van der Waals surface area contributed by atoms with Crippen LogP contribution in [0.5, 0.6) is 0 Å². The molecule has 0 bridgehead atoms. The van der Waals surface area contributed by atoms with Gasteiger partial charge in [0.1, 0.15) is 0 Å². The molecule has 5 nitrogen and oxygen atoms in total. The van der Waals surface area contributed by atoms with E-state index in [4.69, 9.17) is 11.6 Å². The number of halogens is 1. The Labute approximate surface area is 165 Å². The number of hydrogen-bond acceptors (Lipinski definition) is 2. The van der Waals surface area contributed by atoms with Crippen LogP contribution in [0.1, 0.15) is 49.7 Å². The van der Waals surface area contributed by atoms with Crippen LogP contribution in [-0.2, 0) is 0 Å². The molecule has 3 amide bonds. The maximum absolute atomic E-state index is 12.6. The lowest BCUT2D eigenvalue weighted by atomic mass is 10.1. The van der Waals surface area contributed by atoms with E-state index in [0.29, 0.717) is 16.3 Å². The molecule has 0 aliphatic heterocycles. The Balaban J connectivity index is 2.10. The summed E-state index contributed by atoms with van der Waals surface area (Å²) in [5.74, 6) is -0.184. The largest absolute Gasteiger partial charge is 0.347 e. The van der Waals surface area contributed by atoms with E-state index in [-0.39, 0.29) is 23.5 Å². The maximum atomic E-state index is 12.6. The standard InChI is InChI=1S/C21H26ClN3O2/c1-14(17-11-6-7-12-18(17)22)25(5)20(27)23-16-10-8-9-15(13-16)19(26)24-21(2,3)4/h6-14H,1-5H3,(H,23,27)(H,24,26). The van der Waals surface area contributed by atoms with E-state index >= 15 is 0 Å². The summed E-state index contributed by atoms with van der Waals surface area (Å²) >= 11 is 6.23. The Morgan fingerprint density at radius 3 is 2.37 bits per heavy atom. The smallest absolute Gasteiger partial charge is 0.322 e. The molecule has 0 heterocycles. The topological polar surface area (TPSA) is 61.4 Å². The summed E-state index contributed by atoms with van der Waals surface area (Å²) in [5, 5.41) is 6.36. The summed E-state index contributed by atoms with van der Waals surface area (Å²) < 4.78 is 0. The summed E-state index contributed by atoms with van der Waals surface area (Å²) in [4.78, 5) is 26.5. The van der Waals surface area contributed by atoms with Gasteiger partial charge in [0.05, 0.1) is 6.04 Å². The first-order valence-electron chi connectivity index (χ1n) is 8.79. The van der Waals surface area contributed by atoms with Crippen LogP contribution >= 0.6 is 11.6 Å². The zero-order valence-corrected chi connectivity index (χ0v) is 17.1. The van der Waals surface area contributed by atoms with E-state index in [1.54, 1.807) is 42.3 Å². The summed E-state index contributed by atoms with van der Waals surface area (Å²) in [7, 11) is 1.71. The molecule has 0 aromatic heterocycles. The number of carbonyl (C=O) groups is 2. The van der Waals surface area contributed by atoms with E-state index in [1.165, 1.54) is 0 Å². The van der Waals surface area contributed by atoms with Gasteiger partial charge >= 0.3 is 6.03 Å². The molecule has 0 fully saturated rings. The summed E-state index contributed by atoms with van der Waals surface area (Å²) in [6.07, 6.45) is 0. The minimum Gasteiger partial charge on any atom is -0.347 e. The second-order valence-electron chi connectivity index (χ2n) is 7.52. The van der Waals surface area contributed by atoms with Gasteiger partial charge in [-0.05, 0) is 57.5 Å². The molecule has 0 radical (unpaired) electrons. The lowest BCUT2D eigenvalue weighted by Gasteiger charge is -2.26. The Kier molecular flexibility index (Phi) is 6.50. The predicted octanol–water partition coefficient (Wildman–Crippen LogP) is 5.09. The van der Waals surface area contributed by atoms with Crippen molar-refractivity contribution < 1.29 is 9.59 Å². The summed E-state index contributed by atoms with van der Waals surface area (Å²) in [5.41, 5.74) is 1.58. The second kappa shape index (κ2) is 8.44. The highest BCUT2D eigenvalue weighted by Gasteiger charge is 2.20. The van der Waals surface area contributed by atoms with Crippen LogP contribution in [-0.4, -0.2) is 29.4 Å². The number of carbonyl (C=O) groups excluding carboxylic acids is 2. The van der Waals surface area contributed by atoms with Crippen molar-refractivity contribution in [2.24, 2.45) is 0 Å². The fourth-order valence-electron chi connectivity index (χ4n) is 2.56. The third kappa shape index (κ3) is 5.73. The van der Waals surface area contributed by atoms with Crippen molar-refractivity contribution >= 4 is 29.2 Å². The molecule has 0 saturated carbocycles. The van der Waals surface area contributed by atoms with E-state index < -0.39 is 0 Å². The Morgan fingerprint density at radius 2 is 1.74 bits per heavy atom. The van der Waals surface area contributed by atoms with Crippen LogP contribution in [0.2, 0.25) is 5.02 Å². The lowest BCUT2D eigenvalue weighted by Crippen LogP contribution is -2.40. The van der Waals surface area contributed by atoms with Gasteiger partial charge in [0, 0.05) is 28.9 Å². The van der Waals surface area contributed by atoms with Crippen molar-refractivity contribution in [3.05, 3.63) is 64.7 Å². The number of nitrogens with zero attached hydrogens (tertiary/aromatic N) is 1. The molecular formula is C21H26ClN3O2. The molecule has 0 aliphatic carbocycles. The number of anilines is 1. The van der Waals surface area contributed by atoms with Crippen LogP contribution in [0.15, 0.2) is 48.5 Å². The molecule has 1 unspecified atom stereocenters. The normalized spacial score (nSPS) is 12.2. The maximum Gasteiger partial charge on any atom is 0.322 e. The van der Waals surface area contributed by atoms with Crippen molar-refractivity contribution in [1.82, 2.24) is 10.2 Å². The highest BCUT2D eigenvalue weighted by molar-refractivity contribution is 6.31. The van der Waals surface area contributed by atoms with Crippen molar-refractivity contribution in [3.63, 3.8) is 0 Å². The zero-order chi connectivity index (χ0) is 20.2. The molecule has 144 valence electrons. The van der Waals surface area contributed by atoms with Crippen molar-refractivity contribution in [1.29, 1.82) is 0 Å². The summed E-state index contributed by atoms with van der Waals surface area (Å²) in [6.45, 7) is 7.67. The third-order valence-electron chi connectivity index (χ3n) is 4.12. The molecule has 2 rings (SSSR count). The predicted molar refractivity (Wildman–Crippen MR) is 110 cm³/mol. The van der Waals surface area contributed by atoms with Gasteiger partial charge < -0.3 is 15.5 Å². The fraction of sp³-hybridized carbons (Fsp3) is 0.333.